The first-order valence-corrected chi connectivity index (χ1v) is 9.17. The lowest BCUT2D eigenvalue weighted by molar-refractivity contribution is -0.119. The lowest BCUT2D eigenvalue weighted by Crippen LogP contribution is -2.49. The Bertz CT molecular complexity index is 709. The van der Waals surface area contributed by atoms with Crippen LogP contribution in [0.1, 0.15) is 59.3 Å². The molecule has 3 atom stereocenters. The van der Waals surface area contributed by atoms with Gasteiger partial charge in [0.15, 0.2) is 11.5 Å². The van der Waals surface area contributed by atoms with E-state index in [1.54, 1.807) is 0 Å². The van der Waals surface area contributed by atoms with E-state index in [2.05, 4.69) is 27.4 Å². The van der Waals surface area contributed by atoms with Crippen LogP contribution >= 0.6 is 0 Å². The highest BCUT2D eigenvalue weighted by atomic mass is 16.3. The van der Waals surface area contributed by atoms with Gasteiger partial charge in [0.1, 0.15) is 0 Å². The average molecular weight is 344 g/mol. The van der Waals surface area contributed by atoms with Crippen molar-refractivity contribution < 1.29 is 19.8 Å². The molecule has 0 aliphatic heterocycles. The summed E-state index contributed by atoms with van der Waals surface area (Å²) in [5, 5.41) is 19.9. The van der Waals surface area contributed by atoms with Crippen LogP contribution in [0.5, 0.6) is 0 Å². The molecule has 0 bridgehead atoms. The van der Waals surface area contributed by atoms with Gasteiger partial charge in [0.05, 0.1) is 0 Å². The van der Waals surface area contributed by atoms with E-state index in [1.807, 2.05) is 0 Å². The van der Waals surface area contributed by atoms with Gasteiger partial charge in [-0.15, -0.1) is 0 Å². The lowest BCUT2D eigenvalue weighted by atomic mass is 9.47. The smallest absolute Gasteiger partial charge is 0.227 e. The largest absolute Gasteiger partial charge is 0.504 e. The summed E-state index contributed by atoms with van der Waals surface area (Å²) in [6.45, 7) is 11.2. The quantitative estimate of drug-likeness (QED) is 0.568. The van der Waals surface area contributed by atoms with Crippen molar-refractivity contribution in [2.75, 3.05) is 0 Å². The molecule has 0 heterocycles. The number of aliphatic hydroxyl groups excluding tert-OH is 2. The van der Waals surface area contributed by atoms with Crippen molar-refractivity contribution in [3.63, 3.8) is 0 Å². The molecule has 0 radical (unpaired) electrons. The number of fused-ring (bicyclic) bond motifs is 1. The van der Waals surface area contributed by atoms with Crippen LogP contribution in [0.4, 0.5) is 0 Å². The molecule has 3 rings (SSSR count). The second-order valence-corrected chi connectivity index (χ2v) is 8.90. The van der Waals surface area contributed by atoms with Gasteiger partial charge in [0, 0.05) is 11.6 Å². The van der Waals surface area contributed by atoms with Crippen LogP contribution in [0.3, 0.4) is 0 Å². The van der Waals surface area contributed by atoms with Crippen LogP contribution in [0.25, 0.3) is 0 Å². The molecule has 3 aliphatic rings. The first-order valence-electron chi connectivity index (χ1n) is 9.17. The maximum atomic E-state index is 12.3. The number of ketones is 2. The molecule has 25 heavy (non-hydrogen) atoms. The normalized spacial score (nSPS) is 35.5. The van der Waals surface area contributed by atoms with E-state index in [9.17, 15) is 19.8 Å². The summed E-state index contributed by atoms with van der Waals surface area (Å²) in [4.78, 5) is 24.2. The number of carbonyl (C=O) groups is 2. The van der Waals surface area contributed by atoms with Gasteiger partial charge < -0.3 is 10.2 Å². The van der Waals surface area contributed by atoms with Crippen LogP contribution in [0, 0.1) is 22.7 Å². The van der Waals surface area contributed by atoms with E-state index in [0.29, 0.717) is 5.92 Å². The van der Waals surface area contributed by atoms with Gasteiger partial charge in [-0.1, -0.05) is 39.3 Å². The van der Waals surface area contributed by atoms with Gasteiger partial charge in [-0.2, -0.15) is 0 Å². The third-order valence-corrected chi connectivity index (χ3v) is 7.02. The standard InChI is InChI=1S/C21H28O4/c1-12-6-7-17-20(2,3)8-5-9-21(17,4)14(12)10-13-18(24)15(22)11-16(23)19(13)25/h11,14,17,22,25H,1,5-10H2,2-4H3/t14-,17-,21+/m0/s1. The minimum Gasteiger partial charge on any atom is -0.504 e. The highest BCUT2D eigenvalue weighted by Gasteiger charge is 2.53. The molecule has 2 fully saturated rings. The maximum absolute atomic E-state index is 12.3. The number of hydrogen-bond acceptors (Lipinski definition) is 4. The highest BCUT2D eigenvalue weighted by Crippen LogP contribution is 2.62. The van der Waals surface area contributed by atoms with Crippen LogP contribution in [-0.4, -0.2) is 21.8 Å². The number of aliphatic hydroxyl groups is 2. The van der Waals surface area contributed by atoms with Crippen LogP contribution < -0.4 is 0 Å². The fourth-order valence-corrected chi connectivity index (χ4v) is 5.71. The van der Waals surface area contributed by atoms with Crippen molar-refractivity contribution >= 4 is 11.6 Å². The second-order valence-electron chi connectivity index (χ2n) is 8.90. The molecule has 0 aromatic carbocycles. The number of hydrogen-bond donors (Lipinski definition) is 2. The Morgan fingerprint density at radius 1 is 1.20 bits per heavy atom. The minimum absolute atomic E-state index is 0.00945. The van der Waals surface area contributed by atoms with Crippen LogP contribution in [-0.2, 0) is 9.59 Å². The van der Waals surface area contributed by atoms with Crippen molar-refractivity contribution in [1.82, 2.24) is 0 Å². The number of Topliss-reactive ketones (excluding diaryl/α,β-unsaturated/α-hetero) is 1. The molecule has 3 aliphatic carbocycles. The zero-order valence-corrected chi connectivity index (χ0v) is 15.4. The summed E-state index contributed by atoms with van der Waals surface area (Å²) in [6, 6.07) is 0. The number of allylic oxidation sites excluding steroid dienone is 3. The number of carbonyl (C=O) groups excluding carboxylic acids is 2. The van der Waals surface area contributed by atoms with E-state index in [-0.39, 0.29) is 28.7 Å². The summed E-state index contributed by atoms with van der Waals surface area (Å²) in [5.74, 6) is -1.87. The maximum Gasteiger partial charge on any atom is 0.227 e. The topological polar surface area (TPSA) is 74.6 Å². The molecule has 4 heteroatoms. The first kappa shape index (κ1) is 18.0. The molecule has 0 saturated heterocycles. The fourth-order valence-electron chi connectivity index (χ4n) is 5.71. The van der Waals surface area contributed by atoms with Gasteiger partial charge in [-0.25, -0.2) is 0 Å². The van der Waals surface area contributed by atoms with E-state index in [1.165, 1.54) is 6.42 Å². The second kappa shape index (κ2) is 5.86. The first-order chi connectivity index (χ1) is 11.6. The Kier molecular flexibility index (Phi) is 4.21. The average Bonchev–Trinajstić information content (AvgIpc) is 2.51. The Hall–Kier alpha value is -1.84. The molecule has 4 nitrogen and oxygen atoms in total. The van der Waals surface area contributed by atoms with Gasteiger partial charge in [0.25, 0.3) is 0 Å². The van der Waals surface area contributed by atoms with Crippen LogP contribution in [0.15, 0.2) is 35.3 Å². The predicted octanol–water partition coefficient (Wildman–Crippen LogP) is 4.58. The van der Waals surface area contributed by atoms with E-state index in [0.717, 1.165) is 37.3 Å². The number of rotatable bonds is 2. The third kappa shape index (κ3) is 2.76. The Morgan fingerprint density at radius 2 is 1.88 bits per heavy atom. The van der Waals surface area contributed by atoms with Crippen molar-refractivity contribution in [1.29, 1.82) is 0 Å². The van der Waals surface area contributed by atoms with Gasteiger partial charge in [0.2, 0.25) is 11.6 Å². The molecule has 2 N–H and O–H groups in total. The minimum atomic E-state index is -0.695. The predicted molar refractivity (Wildman–Crippen MR) is 96.1 cm³/mol. The molecule has 136 valence electrons. The van der Waals surface area contributed by atoms with Crippen molar-refractivity contribution in [3.8, 4) is 0 Å². The van der Waals surface area contributed by atoms with E-state index < -0.39 is 23.1 Å². The van der Waals surface area contributed by atoms with E-state index in [4.69, 9.17) is 0 Å². The molecule has 0 spiro atoms. The molecule has 0 aromatic rings. The third-order valence-electron chi connectivity index (χ3n) is 7.02. The monoisotopic (exact) mass is 344 g/mol. The lowest BCUT2D eigenvalue weighted by Gasteiger charge is -2.58. The summed E-state index contributed by atoms with van der Waals surface area (Å²) < 4.78 is 0. The zero-order chi connectivity index (χ0) is 18.6. The Balaban J connectivity index is 1.98. The summed E-state index contributed by atoms with van der Waals surface area (Å²) in [7, 11) is 0. The fraction of sp³-hybridized carbons (Fsp3) is 0.619. The summed E-state index contributed by atoms with van der Waals surface area (Å²) in [5.41, 5.74) is 1.36. The van der Waals surface area contributed by atoms with Crippen molar-refractivity contribution in [3.05, 3.63) is 35.3 Å². The molecular formula is C21H28O4. The SMILES string of the molecule is C=C1CC[C@H]2C(C)(C)CCC[C@]2(C)[C@H]1CC1=C(O)C(=O)C=C(O)C1=O. The van der Waals surface area contributed by atoms with Crippen LogP contribution in [0.2, 0.25) is 0 Å². The van der Waals surface area contributed by atoms with E-state index >= 15 is 0 Å². The molecule has 0 amide bonds. The molecule has 0 aromatic heterocycles. The van der Waals surface area contributed by atoms with Gasteiger partial charge in [-0.3, -0.25) is 9.59 Å². The molecule has 0 unspecified atom stereocenters. The van der Waals surface area contributed by atoms with Crippen molar-refractivity contribution in [2.24, 2.45) is 22.7 Å². The zero-order valence-electron chi connectivity index (χ0n) is 15.4. The Morgan fingerprint density at radius 3 is 2.56 bits per heavy atom. The van der Waals surface area contributed by atoms with Crippen molar-refractivity contribution in [2.45, 2.75) is 59.3 Å². The van der Waals surface area contributed by atoms with Gasteiger partial charge in [-0.05, 0) is 54.8 Å². The molecular weight excluding hydrogens is 316 g/mol. The summed E-state index contributed by atoms with van der Waals surface area (Å²) in [6.07, 6.45) is 6.46. The Labute approximate surface area is 149 Å². The van der Waals surface area contributed by atoms with Gasteiger partial charge >= 0.3 is 0 Å². The molecule has 2 saturated carbocycles. The summed E-state index contributed by atoms with van der Waals surface area (Å²) >= 11 is 0. The highest BCUT2D eigenvalue weighted by molar-refractivity contribution is 6.20.